The van der Waals surface area contributed by atoms with E-state index in [4.69, 9.17) is 16.1 Å². The van der Waals surface area contributed by atoms with E-state index in [1.54, 1.807) is 29.4 Å². The summed E-state index contributed by atoms with van der Waals surface area (Å²) in [5.41, 5.74) is 0.845. The highest BCUT2D eigenvalue weighted by molar-refractivity contribution is 7.89. The lowest BCUT2D eigenvalue weighted by Gasteiger charge is -2.24. The first-order valence-electron chi connectivity index (χ1n) is 9.19. The number of amides is 1. The Bertz CT molecular complexity index is 882. The van der Waals surface area contributed by atoms with Gasteiger partial charge < -0.3 is 9.42 Å². The number of hydrogen-bond acceptors (Lipinski definition) is 6. The highest BCUT2D eigenvalue weighted by atomic mass is 35.5. The Morgan fingerprint density at radius 1 is 1.32 bits per heavy atom. The molecule has 0 aromatic carbocycles. The Hall–Kier alpha value is -1.97. The molecule has 0 aliphatic carbocycles. The van der Waals surface area contributed by atoms with Crippen molar-refractivity contribution in [3.05, 3.63) is 47.1 Å². The van der Waals surface area contributed by atoms with E-state index in [9.17, 15) is 13.2 Å². The number of sulfonamides is 1. The summed E-state index contributed by atoms with van der Waals surface area (Å²) in [7, 11) is -3.37. The van der Waals surface area contributed by atoms with Gasteiger partial charge in [0.25, 0.3) is 0 Å². The highest BCUT2D eigenvalue weighted by Gasteiger charge is 2.26. The van der Waals surface area contributed by atoms with Crippen LogP contribution in [0.2, 0.25) is 5.15 Å². The van der Waals surface area contributed by atoms with Crippen LogP contribution in [-0.4, -0.2) is 59.1 Å². The van der Waals surface area contributed by atoms with E-state index in [2.05, 4.69) is 10.1 Å². The minimum atomic E-state index is -3.37. The average molecular weight is 427 g/mol. The Morgan fingerprint density at radius 3 is 2.75 bits per heavy atom. The van der Waals surface area contributed by atoms with Gasteiger partial charge in [-0.1, -0.05) is 22.8 Å². The number of rotatable bonds is 9. The monoisotopic (exact) mass is 426 g/mol. The summed E-state index contributed by atoms with van der Waals surface area (Å²) in [6, 6.07) is 5.21. The van der Waals surface area contributed by atoms with Crippen LogP contribution in [0.15, 0.2) is 35.1 Å². The van der Waals surface area contributed by atoms with E-state index in [1.165, 1.54) is 4.31 Å². The predicted molar refractivity (Wildman–Crippen MR) is 104 cm³/mol. The average Bonchev–Trinajstić information content (AvgIpc) is 3.36. The number of carbonyl (C=O) groups excluding carboxylic acids is 1. The molecule has 1 aliphatic heterocycles. The quantitative estimate of drug-likeness (QED) is 0.609. The van der Waals surface area contributed by atoms with Gasteiger partial charge in [-0.05, 0) is 24.5 Å². The fraction of sp³-hybridized carbons (Fsp3) is 0.500. The third-order valence-electron chi connectivity index (χ3n) is 4.64. The summed E-state index contributed by atoms with van der Waals surface area (Å²) in [6.07, 6.45) is 5.62. The summed E-state index contributed by atoms with van der Waals surface area (Å²) in [4.78, 5) is 18.4. The van der Waals surface area contributed by atoms with E-state index in [1.807, 2.05) is 6.07 Å². The number of pyridine rings is 1. The van der Waals surface area contributed by atoms with Crippen LogP contribution in [0, 0.1) is 0 Å². The zero-order valence-electron chi connectivity index (χ0n) is 15.5. The van der Waals surface area contributed by atoms with Crippen LogP contribution < -0.4 is 0 Å². The van der Waals surface area contributed by atoms with Crippen LogP contribution in [0.1, 0.15) is 30.6 Å². The molecule has 152 valence electrons. The Kier molecular flexibility index (Phi) is 7.03. The number of aromatic nitrogens is 2. The van der Waals surface area contributed by atoms with Gasteiger partial charge in [0, 0.05) is 57.5 Å². The first-order valence-corrected chi connectivity index (χ1v) is 11.2. The van der Waals surface area contributed by atoms with E-state index in [0.29, 0.717) is 31.8 Å². The molecule has 0 bridgehead atoms. The maximum atomic E-state index is 12.8. The molecule has 10 heteroatoms. The molecule has 8 nitrogen and oxygen atoms in total. The summed E-state index contributed by atoms with van der Waals surface area (Å²) in [6.45, 7) is 1.55. The van der Waals surface area contributed by atoms with Crippen molar-refractivity contribution in [2.45, 2.75) is 32.2 Å². The number of halogens is 1. The second-order valence-corrected chi connectivity index (χ2v) is 9.19. The second-order valence-electron chi connectivity index (χ2n) is 6.71. The van der Waals surface area contributed by atoms with E-state index in [-0.39, 0.29) is 29.8 Å². The molecule has 0 saturated carbocycles. The first kappa shape index (κ1) is 20.8. The van der Waals surface area contributed by atoms with Gasteiger partial charge in [-0.2, -0.15) is 0 Å². The van der Waals surface area contributed by atoms with Crippen molar-refractivity contribution in [3.8, 4) is 0 Å². The van der Waals surface area contributed by atoms with Crippen LogP contribution in [0.5, 0.6) is 0 Å². The fourth-order valence-corrected chi connectivity index (χ4v) is 4.80. The van der Waals surface area contributed by atoms with Gasteiger partial charge in [0.2, 0.25) is 15.9 Å². The lowest BCUT2D eigenvalue weighted by Crippen LogP contribution is -2.39. The Balaban J connectivity index is 1.64. The molecule has 0 spiro atoms. The summed E-state index contributed by atoms with van der Waals surface area (Å²) < 4.78 is 31.6. The largest absolute Gasteiger partial charge is 0.360 e. The molecule has 28 heavy (non-hydrogen) atoms. The lowest BCUT2D eigenvalue weighted by molar-refractivity contribution is -0.131. The molecule has 0 atom stereocenters. The number of hydrogen-bond donors (Lipinski definition) is 0. The van der Waals surface area contributed by atoms with Crippen LogP contribution in [0.25, 0.3) is 0 Å². The van der Waals surface area contributed by atoms with E-state index in [0.717, 1.165) is 18.4 Å². The van der Waals surface area contributed by atoms with E-state index < -0.39 is 10.0 Å². The molecular formula is C18H23ClN4O4S. The standard InChI is InChI=1S/C18H23ClN4O4S/c19-17-12-16(27-21-17)5-6-18(24)22(14-15-4-3-7-20-13-15)10-11-28(25,26)23-8-1-2-9-23/h3-4,7,12-13H,1-2,5-6,8-11,14H2. The zero-order chi connectivity index (χ0) is 20.0. The molecule has 3 heterocycles. The van der Waals surface area contributed by atoms with Crippen molar-refractivity contribution >= 4 is 27.5 Å². The number of nitrogens with zero attached hydrogens (tertiary/aromatic N) is 4. The second kappa shape index (κ2) is 9.49. The third-order valence-corrected chi connectivity index (χ3v) is 6.67. The van der Waals surface area contributed by atoms with Crippen molar-refractivity contribution < 1.29 is 17.7 Å². The zero-order valence-corrected chi connectivity index (χ0v) is 17.0. The van der Waals surface area contributed by atoms with Crippen molar-refractivity contribution in [2.75, 3.05) is 25.4 Å². The van der Waals surface area contributed by atoms with Crippen molar-refractivity contribution in [1.29, 1.82) is 0 Å². The Morgan fingerprint density at radius 2 is 2.11 bits per heavy atom. The maximum Gasteiger partial charge on any atom is 0.223 e. The first-order chi connectivity index (χ1) is 13.4. The fourth-order valence-electron chi connectivity index (χ4n) is 3.12. The van der Waals surface area contributed by atoms with Crippen LogP contribution >= 0.6 is 11.6 Å². The van der Waals surface area contributed by atoms with Gasteiger partial charge in [-0.3, -0.25) is 9.78 Å². The van der Waals surface area contributed by atoms with Crippen molar-refractivity contribution in [2.24, 2.45) is 0 Å². The number of carbonyl (C=O) groups is 1. The topological polar surface area (TPSA) is 96.6 Å². The number of aryl methyl sites for hydroxylation is 1. The van der Waals surface area contributed by atoms with Crippen molar-refractivity contribution in [1.82, 2.24) is 19.3 Å². The van der Waals surface area contributed by atoms with Crippen molar-refractivity contribution in [3.63, 3.8) is 0 Å². The molecular weight excluding hydrogens is 404 g/mol. The normalized spacial score (nSPS) is 15.0. The molecule has 0 unspecified atom stereocenters. The molecule has 1 aliphatic rings. The lowest BCUT2D eigenvalue weighted by atomic mass is 10.2. The van der Waals surface area contributed by atoms with Gasteiger partial charge in [0.1, 0.15) is 5.76 Å². The summed E-state index contributed by atoms with van der Waals surface area (Å²) in [5, 5.41) is 3.83. The summed E-state index contributed by atoms with van der Waals surface area (Å²) in [5.74, 6) is 0.269. The smallest absolute Gasteiger partial charge is 0.223 e. The molecule has 2 aromatic heterocycles. The van der Waals surface area contributed by atoms with Gasteiger partial charge in [0.15, 0.2) is 5.15 Å². The van der Waals surface area contributed by atoms with Gasteiger partial charge >= 0.3 is 0 Å². The third kappa shape index (κ3) is 5.76. The minimum Gasteiger partial charge on any atom is -0.360 e. The molecule has 1 saturated heterocycles. The minimum absolute atomic E-state index is 0.0901. The SMILES string of the molecule is O=C(CCc1cc(Cl)no1)N(CCS(=O)(=O)N1CCCC1)Cc1cccnc1. The van der Waals surface area contributed by atoms with Crippen LogP contribution in [0.4, 0.5) is 0 Å². The molecule has 1 fully saturated rings. The molecule has 0 N–H and O–H groups in total. The molecule has 1 amide bonds. The molecule has 0 radical (unpaired) electrons. The van der Waals surface area contributed by atoms with Gasteiger partial charge in [-0.15, -0.1) is 0 Å². The summed E-state index contributed by atoms with van der Waals surface area (Å²) >= 11 is 5.73. The van der Waals surface area contributed by atoms with Gasteiger partial charge in [0.05, 0.1) is 5.75 Å². The molecule has 3 rings (SSSR count). The Labute approximate surface area is 169 Å². The molecule has 2 aromatic rings. The maximum absolute atomic E-state index is 12.8. The van der Waals surface area contributed by atoms with Crippen LogP contribution in [0.3, 0.4) is 0 Å². The predicted octanol–water partition coefficient (Wildman–Crippen LogP) is 2.11. The highest BCUT2D eigenvalue weighted by Crippen LogP contribution is 2.15. The van der Waals surface area contributed by atoms with E-state index >= 15 is 0 Å². The van der Waals surface area contributed by atoms with Crippen LogP contribution in [-0.2, 0) is 27.8 Å². The van der Waals surface area contributed by atoms with Gasteiger partial charge in [-0.25, -0.2) is 12.7 Å².